The third kappa shape index (κ3) is 4.20. The monoisotopic (exact) mass is 305 g/mol. The van der Waals surface area contributed by atoms with Gasteiger partial charge in [0, 0.05) is 6.54 Å². The summed E-state index contributed by atoms with van der Waals surface area (Å²) in [6.45, 7) is 1.18. The molecular weight excluding hydrogens is 294 g/mol. The maximum absolute atomic E-state index is 11.6. The van der Waals surface area contributed by atoms with Gasteiger partial charge in [0.1, 0.15) is 0 Å². The fourth-order valence-electron chi connectivity index (χ4n) is 1.21. The van der Waals surface area contributed by atoms with Crippen LogP contribution in [-0.2, 0) is 4.79 Å². The van der Waals surface area contributed by atoms with Gasteiger partial charge >= 0.3 is 5.97 Å². The van der Waals surface area contributed by atoms with Crippen molar-refractivity contribution in [2.45, 2.75) is 18.9 Å². The van der Waals surface area contributed by atoms with Crippen LogP contribution in [0.4, 0.5) is 0 Å². The van der Waals surface area contributed by atoms with Gasteiger partial charge in [-0.15, -0.1) is 0 Å². The molecule has 0 aliphatic rings. The molecular formula is C10H12BrNO5. The summed E-state index contributed by atoms with van der Waals surface area (Å²) in [6.07, 6.45) is 0.897. The fourth-order valence-corrected chi connectivity index (χ4v) is 1.63. The first-order chi connectivity index (χ1) is 7.82. The van der Waals surface area contributed by atoms with Crippen molar-refractivity contribution < 1.29 is 24.2 Å². The average Bonchev–Trinajstić information content (AvgIpc) is 2.59. The molecule has 0 radical (unpaired) electrons. The van der Waals surface area contributed by atoms with Crippen LogP contribution in [0.1, 0.15) is 23.7 Å². The lowest BCUT2D eigenvalue weighted by atomic mass is 10.0. The van der Waals surface area contributed by atoms with Crippen LogP contribution >= 0.6 is 15.9 Å². The molecule has 0 aromatic carbocycles. The lowest BCUT2D eigenvalue weighted by Gasteiger charge is -2.21. The Labute approximate surface area is 106 Å². The maximum Gasteiger partial charge on any atom is 0.306 e. The summed E-state index contributed by atoms with van der Waals surface area (Å²) in [6, 6.07) is 1.46. The van der Waals surface area contributed by atoms with Crippen molar-refractivity contribution in [1.29, 1.82) is 0 Å². The number of amides is 1. The molecule has 6 nitrogen and oxygen atoms in total. The molecule has 1 amide bonds. The Balaban J connectivity index is 2.54. The van der Waals surface area contributed by atoms with E-state index < -0.39 is 23.9 Å². The van der Waals surface area contributed by atoms with Gasteiger partial charge in [0.05, 0.1) is 23.8 Å². The highest BCUT2D eigenvalue weighted by molar-refractivity contribution is 9.10. The summed E-state index contributed by atoms with van der Waals surface area (Å²) < 4.78 is 5.17. The van der Waals surface area contributed by atoms with E-state index in [-0.39, 0.29) is 16.8 Å². The average molecular weight is 306 g/mol. The molecule has 0 aliphatic carbocycles. The number of aliphatic hydroxyl groups is 1. The molecule has 1 atom stereocenters. The summed E-state index contributed by atoms with van der Waals surface area (Å²) in [7, 11) is 0. The van der Waals surface area contributed by atoms with Crippen molar-refractivity contribution in [1.82, 2.24) is 5.32 Å². The molecule has 0 bridgehead atoms. The van der Waals surface area contributed by atoms with Crippen LogP contribution in [0.15, 0.2) is 21.4 Å². The van der Waals surface area contributed by atoms with Gasteiger partial charge in [-0.05, 0) is 28.9 Å². The van der Waals surface area contributed by atoms with Crippen LogP contribution in [0.25, 0.3) is 0 Å². The number of hydrogen-bond donors (Lipinski definition) is 3. The third-order valence-electron chi connectivity index (χ3n) is 2.02. The topological polar surface area (TPSA) is 99.8 Å². The molecule has 0 fully saturated rings. The van der Waals surface area contributed by atoms with E-state index in [1.807, 2.05) is 0 Å². The van der Waals surface area contributed by atoms with Gasteiger partial charge < -0.3 is 19.9 Å². The lowest BCUT2D eigenvalue weighted by molar-refractivity contribution is -0.141. The Morgan fingerprint density at radius 3 is 2.71 bits per heavy atom. The molecule has 1 aromatic rings. The molecule has 7 heteroatoms. The van der Waals surface area contributed by atoms with Crippen molar-refractivity contribution >= 4 is 27.8 Å². The molecule has 94 valence electrons. The molecule has 1 heterocycles. The van der Waals surface area contributed by atoms with Gasteiger partial charge in [-0.2, -0.15) is 0 Å². The van der Waals surface area contributed by atoms with Crippen LogP contribution in [0.5, 0.6) is 0 Å². The van der Waals surface area contributed by atoms with E-state index in [2.05, 4.69) is 21.2 Å². The van der Waals surface area contributed by atoms with Gasteiger partial charge in [0.25, 0.3) is 5.91 Å². The Morgan fingerprint density at radius 1 is 1.59 bits per heavy atom. The highest BCUT2D eigenvalue weighted by atomic mass is 79.9. The van der Waals surface area contributed by atoms with Gasteiger partial charge in [-0.3, -0.25) is 9.59 Å². The molecule has 0 saturated carbocycles. The summed E-state index contributed by atoms with van der Waals surface area (Å²) >= 11 is 3.04. The number of aliphatic carboxylic acids is 1. The van der Waals surface area contributed by atoms with E-state index in [1.165, 1.54) is 19.3 Å². The highest BCUT2D eigenvalue weighted by Crippen LogP contribution is 2.17. The molecule has 1 aromatic heterocycles. The smallest absolute Gasteiger partial charge is 0.306 e. The zero-order valence-electron chi connectivity index (χ0n) is 9.07. The molecule has 0 spiro atoms. The van der Waals surface area contributed by atoms with Gasteiger partial charge in [0.2, 0.25) is 0 Å². The first-order valence-corrected chi connectivity index (χ1v) is 5.56. The SMILES string of the molecule is CC(O)(CNC(=O)c1ccoc1Br)CC(=O)O. The Bertz CT molecular complexity index is 426. The van der Waals surface area contributed by atoms with Crippen LogP contribution in [0.2, 0.25) is 0 Å². The zero-order valence-corrected chi connectivity index (χ0v) is 10.7. The Hall–Kier alpha value is -1.34. The van der Waals surface area contributed by atoms with Gasteiger partial charge in [-0.25, -0.2) is 0 Å². The van der Waals surface area contributed by atoms with Crippen molar-refractivity contribution in [2.24, 2.45) is 0 Å². The van der Waals surface area contributed by atoms with Crippen LogP contribution < -0.4 is 5.32 Å². The Morgan fingerprint density at radius 2 is 2.24 bits per heavy atom. The van der Waals surface area contributed by atoms with Crippen LogP contribution in [0.3, 0.4) is 0 Å². The highest BCUT2D eigenvalue weighted by Gasteiger charge is 2.25. The summed E-state index contributed by atoms with van der Waals surface area (Å²) in [5.41, 5.74) is -1.20. The number of carbonyl (C=O) groups is 2. The van der Waals surface area contributed by atoms with E-state index in [0.717, 1.165) is 0 Å². The number of furan rings is 1. The largest absolute Gasteiger partial charge is 0.481 e. The van der Waals surface area contributed by atoms with E-state index in [9.17, 15) is 14.7 Å². The molecule has 0 saturated heterocycles. The molecule has 3 N–H and O–H groups in total. The maximum atomic E-state index is 11.6. The first-order valence-electron chi connectivity index (χ1n) is 4.77. The number of carboxylic acids is 1. The lowest BCUT2D eigenvalue weighted by Crippen LogP contribution is -2.42. The number of rotatable bonds is 5. The predicted molar refractivity (Wildman–Crippen MR) is 61.6 cm³/mol. The van der Waals surface area contributed by atoms with Gasteiger partial charge in [0.15, 0.2) is 4.67 Å². The van der Waals surface area contributed by atoms with Crippen molar-refractivity contribution in [3.05, 3.63) is 22.6 Å². The predicted octanol–water partition coefficient (Wildman–Crippen LogP) is 0.998. The van der Waals surface area contributed by atoms with Gasteiger partial charge in [-0.1, -0.05) is 0 Å². The third-order valence-corrected chi connectivity index (χ3v) is 2.64. The number of carbonyl (C=O) groups excluding carboxylic acids is 1. The van der Waals surface area contributed by atoms with Crippen LogP contribution in [-0.4, -0.2) is 34.2 Å². The number of halogens is 1. The standard InChI is InChI=1S/C10H12BrNO5/c1-10(16,4-7(13)14)5-12-9(15)6-2-3-17-8(6)11/h2-3,16H,4-5H2,1H3,(H,12,15)(H,13,14). The van der Waals surface area contributed by atoms with Crippen molar-refractivity contribution in [2.75, 3.05) is 6.54 Å². The normalized spacial score (nSPS) is 14.1. The quantitative estimate of drug-likeness (QED) is 0.753. The minimum absolute atomic E-state index is 0.157. The minimum atomic E-state index is -1.49. The van der Waals surface area contributed by atoms with E-state index in [1.54, 1.807) is 0 Å². The van der Waals surface area contributed by atoms with E-state index in [4.69, 9.17) is 9.52 Å². The molecule has 1 rings (SSSR count). The molecule has 17 heavy (non-hydrogen) atoms. The second kappa shape index (κ2) is 5.33. The van der Waals surface area contributed by atoms with Crippen molar-refractivity contribution in [3.63, 3.8) is 0 Å². The number of hydrogen-bond acceptors (Lipinski definition) is 4. The summed E-state index contributed by atoms with van der Waals surface area (Å²) in [5.74, 6) is -1.58. The van der Waals surface area contributed by atoms with Crippen molar-refractivity contribution in [3.8, 4) is 0 Å². The minimum Gasteiger partial charge on any atom is -0.481 e. The first kappa shape index (κ1) is 13.7. The summed E-state index contributed by atoms with van der Waals surface area (Å²) in [4.78, 5) is 22.0. The second-order valence-corrected chi connectivity index (χ2v) is 4.58. The van der Waals surface area contributed by atoms with E-state index >= 15 is 0 Å². The fraction of sp³-hybridized carbons (Fsp3) is 0.400. The number of carboxylic acid groups (broad SMARTS) is 1. The Kier molecular flexibility index (Phi) is 4.30. The summed E-state index contributed by atoms with van der Waals surface area (Å²) in [5, 5.41) is 20.6. The second-order valence-electron chi connectivity index (χ2n) is 3.86. The molecule has 1 unspecified atom stereocenters. The zero-order chi connectivity index (χ0) is 13.1. The van der Waals surface area contributed by atoms with Crippen LogP contribution in [0, 0.1) is 0 Å². The molecule has 0 aliphatic heterocycles. The number of nitrogens with one attached hydrogen (secondary N) is 1. The van der Waals surface area contributed by atoms with E-state index in [0.29, 0.717) is 0 Å².